The van der Waals surface area contributed by atoms with Crippen LogP contribution in [-0.2, 0) is 0 Å². The van der Waals surface area contributed by atoms with E-state index in [0.29, 0.717) is 17.0 Å². The number of fused-ring (bicyclic) bond motifs is 1. The van der Waals surface area contributed by atoms with Crippen LogP contribution in [0.4, 0.5) is 5.69 Å². The molecule has 0 aliphatic rings. The zero-order valence-corrected chi connectivity index (χ0v) is 12.6. The zero-order valence-electron chi connectivity index (χ0n) is 12.6. The van der Waals surface area contributed by atoms with Crippen LogP contribution in [0.1, 0.15) is 42.1 Å². The van der Waals surface area contributed by atoms with Crippen molar-refractivity contribution in [2.75, 3.05) is 5.32 Å². The maximum absolute atomic E-state index is 12.5. The van der Waals surface area contributed by atoms with Crippen LogP contribution in [-0.4, -0.2) is 21.3 Å². The quantitative estimate of drug-likeness (QED) is 0.770. The summed E-state index contributed by atoms with van der Waals surface area (Å²) in [7, 11) is 0. The molecular weight excluding hydrogens is 276 g/mol. The smallest absolute Gasteiger partial charge is 0.255 e. The summed E-state index contributed by atoms with van der Waals surface area (Å²) in [6.07, 6.45) is 1.03. The highest BCUT2D eigenvalue weighted by Gasteiger charge is 2.13. The van der Waals surface area contributed by atoms with Crippen molar-refractivity contribution in [3.8, 4) is 0 Å². The van der Waals surface area contributed by atoms with Crippen LogP contribution >= 0.6 is 0 Å². The largest absolute Gasteiger partial charge is 0.322 e. The van der Waals surface area contributed by atoms with E-state index in [1.165, 1.54) is 0 Å². The highest BCUT2D eigenvalue weighted by Crippen LogP contribution is 2.27. The predicted octanol–water partition coefficient (Wildman–Crippen LogP) is 3.72. The second-order valence-electron chi connectivity index (χ2n) is 5.38. The third kappa shape index (κ3) is 2.70. The van der Waals surface area contributed by atoms with E-state index < -0.39 is 0 Å². The fourth-order valence-electron chi connectivity index (χ4n) is 2.44. The van der Waals surface area contributed by atoms with Crippen LogP contribution < -0.4 is 5.32 Å². The summed E-state index contributed by atoms with van der Waals surface area (Å²) in [5.74, 6) is 0.259. The maximum atomic E-state index is 12.5. The van der Waals surface area contributed by atoms with E-state index in [9.17, 15) is 4.79 Å². The predicted molar refractivity (Wildman–Crippen MR) is 87.0 cm³/mol. The number of aromatic amines is 1. The molecule has 0 saturated heterocycles. The third-order valence-electron chi connectivity index (χ3n) is 3.93. The van der Waals surface area contributed by atoms with Gasteiger partial charge < -0.3 is 5.32 Å². The molecule has 0 aliphatic heterocycles. The second kappa shape index (κ2) is 5.97. The average Bonchev–Trinajstić information content (AvgIpc) is 3.02. The Kier molecular flexibility index (Phi) is 3.87. The van der Waals surface area contributed by atoms with E-state index in [-0.39, 0.29) is 5.91 Å². The Morgan fingerprint density at radius 1 is 1.18 bits per heavy atom. The van der Waals surface area contributed by atoms with E-state index in [1.54, 1.807) is 18.2 Å². The van der Waals surface area contributed by atoms with Crippen molar-refractivity contribution < 1.29 is 4.79 Å². The number of rotatable bonds is 4. The maximum Gasteiger partial charge on any atom is 0.255 e. The summed E-state index contributed by atoms with van der Waals surface area (Å²) in [4.78, 5) is 12.5. The van der Waals surface area contributed by atoms with Crippen LogP contribution in [0.2, 0.25) is 0 Å². The minimum Gasteiger partial charge on any atom is -0.322 e. The molecule has 0 radical (unpaired) electrons. The van der Waals surface area contributed by atoms with E-state index in [4.69, 9.17) is 0 Å². The van der Waals surface area contributed by atoms with Crippen LogP contribution in [0, 0.1) is 0 Å². The van der Waals surface area contributed by atoms with Crippen molar-refractivity contribution in [3.05, 3.63) is 53.6 Å². The SMILES string of the molecule is CCC(C)c1ccccc1NC(=O)c1ccc2n[nH]nc2c1. The highest BCUT2D eigenvalue weighted by molar-refractivity contribution is 6.06. The van der Waals surface area contributed by atoms with E-state index in [2.05, 4.69) is 40.6 Å². The number of para-hydroxylation sites is 1. The van der Waals surface area contributed by atoms with Crippen LogP contribution in [0.3, 0.4) is 0 Å². The molecule has 0 fully saturated rings. The number of aromatic nitrogens is 3. The standard InChI is InChI=1S/C17H18N4O/c1-3-11(2)13-6-4-5-7-14(13)18-17(22)12-8-9-15-16(10-12)20-21-19-15/h4-11H,3H2,1-2H3,(H,18,22)(H,19,20,21). The van der Waals surface area contributed by atoms with E-state index in [0.717, 1.165) is 23.2 Å². The first-order valence-corrected chi connectivity index (χ1v) is 7.40. The van der Waals surface area contributed by atoms with Gasteiger partial charge in [-0.05, 0) is 42.2 Å². The lowest BCUT2D eigenvalue weighted by Crippen LogP contribution is -2.13. The second-order valence-corrected chi connectivity index (χ2v) is 5.38. The Hall–Kier alpha value is -2.69. The fraction of sp³-hybridized carbons (Fsp3) is 0.235. The molecule has 22 heavy (non-hydrogen) atoms. The summed E-state index contributed by atoms with van der Waals surface area (Å²) >= 11 is 0. The molecule has 2 aromatic carbocycles. The van der Waals surface area contributed by atoms with Crippen LogP contribution in [0.15, 0.2) is 42.5 Å². The molecule has 1 amide bonds. The van der Waals surface area contributed by atoms with Gasteiger partial charge in [0.25, 0.3) is 5.91 Å². The Morgan fingerprint density at radius 3 is 2.77 bits per heavy atom. The molecule has 0 spiro atoms. The first-order chi connectivity index (χ1) is 10.7. The van der Waals surface area contributed by atoms with Gasteiger partial charge in [-0.25, -0.2) is 0 Å². The number of carbonyl (C=O) groups excluding carboxylic acids is 1. The first kappa shape index (κ1) is 14.3. The number of carbonyl (C=O) groups is 1. The lowest BCUT2D eigenvalue weighted by Gasteiger charge is -2.15. The number of anilines is 1. The number of benzene rings is 2. The molecule has 1 unspecified atom stereocenters. The van der Waals surface area contributed by atoms with Crippen molar-refractivity contribution in [3.63, 3.8) is 0 Å². The molecule has 1 aromatic heterocycles. The molecule has 3 rings (SSSR count). The summed E-state index contributed by atoms with van der Waals surface area (Å²) < 4.78 is 0. The molecule has 3 aromatic rings. The van der Waals surface area contributed by atoms with Crippen LogP contribution in [0.25, 0.3) is 11.0 Å². The lowest BCUT2D eigenvalue weighted by atomic mass is 9.97. The molecule has 0 saturated carbocycles. The molecule has 5 heteroatoms. The topological polar surface area (TPSA) is 70.7 Å². The molecule has 2 N–H and O–H groups in total. The van der Waals surface area contributed by atoms with Crippen molar-refractivity contribution in [1.29, 1.82) is 0 Å². The molecule has 112 valence electrons. The number of amides is 1. The molecule has 5 nitrogen and oxygen atoms in total. The van der Waals surface area contributed by atoms with Gasteiger partial charge >= 0.3 is 0 Å². The van der Waals surface area contributed by atoms with Crippen molar-refractivity contribution in [2.45, 2.75) is 26.2 Å². The minimum atomic E-state index is -0.138. The van der Waals surface area contributed by atoms with E-state index in [1.807, 2.05) is 18.2 Å². The Balaban J connectivity index is 1.88. The fourth-order valence-corrected chi connectivity index (χ4v) is 2.44. The zero-order chi connectivity index (χ0) is 15.5. The first-order valence-electron chi connectivity index (χ1n) is 7.40. The summed E-state index contributed by atoms with van der Waals surface area (Å²) in [6.45, 7) is 4.30. The molecule has 0 bridgehead atoms. The highest BCUT2D eigenvalue weighted by atomic mass is 16.1. The average molecular weight is 294 g/mol. The van der Waals surface area contributed by atoms with Gasteiger partial charge in [0.1, 0.15) is 11.0 Å². The third-order valence-corrected chi connectivity index (χ3v) is 3.93. The van der Waals surface area contributed by atoms with Crippen LogP contribution in [0.5, 0.6) is 0 Å². The van der Waals surface area contributed by atoms with Gasteiger partial charge in [-0.15, -0.1) is 0 Å². The number of hydrogen-bond acceptors (Lipinski definition) is 3. The summed E-state index contributed by atoms with van der Waals surface area (Å²) in [6, 6.07) is 13.2. The molecule has 0 aliphatic carbocycles. The van der Waals surface area contributed by atoms with Crippen molar-refractivity contribution in [1.82, 2.24) is 15.4 Å². The van der Waals surface area contributed by atoms with E-state index >= 15 is 0 Å². The Labute approximate surface area is 128 Å². The molecule has 1 atom stereocenters. The van der Waals surface area contributed by atoms with Crippen molar-refractivity contribution in [2.24, 2.45) is 0 Å². The van der Waals surface area contributed by atoms with Crippen molar-refractivity contribution >= 4 is 22.6 Å². The lowest BCUT2D eigenvalue weighted by molar-refractivity contribution is 0.102. The normalized spacial score (nSPS) is 12.3. The van der Waals surface area contributed by atoms with Gasteiger partial charge in [0.15, 0.2) is 0 Å². The number of nitrogens with zero attached hydrogens (tertiary/aromatic N) is 2. The molecular formula is C17H18N4O. The monoisotopic (exact) mass is 294 g/mol. The van der Waals surface area contributed by atoms with Gasteiger partial charge in [0.05, 0.1) is 0 Å². The Morgan fingerprint density at radius 2 is 1.95 bits per heavy atom. The van der Waals surface area contributed by atoms with Gasteiger partial charge in [-0.3, -0.25) is 4.79 Å². The van der Waals surface area contributed by atoms with Gasteiger partial charge in [0.2, 0.25) is 0 Å². The number of nitrogens with one attached hydrogen (secondary N) is 2. The Bertz CT molecular complexity index is 809. The number of hydrogen-bond donors (Lipinski definition) is 2. The minimum absolute atomic E-state index is 0.138. The van der Waals surface area contributed by atoms with Gasteiger partial charge in [-0.2, -0.15) is 15.4 Å². The summed E-state index contributed by atoms with van der Waals surface area (Å²) in [5, 5.41) is 13.6. The summed E-state index contributed by atoms with van der Waals surface area (Å²) in [5.41, 5.74) is 4.02. The van der Waals surface area contributed by atoms with Gasteiger partial charge in [-0.1, -0.05) is 32.0 Å². The molecule has 1 heterocycles. The van der Waals surface area contributed by atoms with Gasteiger partial charge in [0, 0.05) is 11.3 Å². The number of H-pyrrole nitrogens is 1.